The quantitative estimate of drug-likeness (QED) is 0.648. The lowest BCUT2D eigenvalue weighted by Gasteiger charge is -2.14. The fourth-order valence-electron chi connectivity index (χ4n) is 3.25. The van der Waals surface area contributed by atoms with Gasteiger partial charge in [-0.2, -0.15) is 0 Å². The van der Waals surface area contributed by atoms with Crippen LogP contribution in [0.3, 0.4) is 0 Å². The van der Waals surface area contributed by atoms with Crippen LogP contribution in [0.2, 0.25) is 0 Å². The van der Waals surface area contributed by atoms with Gasteiger partial charge in [0.1, 0.15) is 0 Å². The molecule has 0 bridgehead atoms. The van der Waals surface area contributed by atoms with Crippen LogP contribution in [-0.2, 0) is 16.1 Å². The third kappa shape index (κ3) is 3.76. The van der Waals surface area contributed by atoms with E-state index in [0.717, 1.165) is 27.7 Å². The van der Waals surface area contributed by atoms with Crippen LogP contribution in [0, 0.1) is 13.8 Å². The summed E-state index contributed by atoms with van der Waals surface area (Å²) in [6.07, 6.45) is -0.915. The molecular weight excluding hydrogens is 372 g/mol. The number of rotatable bonds is 5. The van der Waals surface area contributed by atoms with Crippen molar-refractivity contribution in [2.75, 3.05) is 6.79 Å². The van der Waals surface area contributed by atoms with Gasteiger partial charge >= 0.3 is 5.97 Å². The van der Waals surface area contributed by atoms with Crippen molar-refractivity contribution in [3.05, 3.63) is 58.8 Å². The predicted molar refractivity (Wildman–Crippen MR) is 107 cm³/mol. The number of carbonyl (C=O) groups excluding carboxylic acids is 2. The molecule has 1 aliphatic heterocycles. The maximum Gasteiger partial charge on any atom is 0.338 e. The number of aromatic amines is 1. The summed E-state index contributed by atoms with van der Waals surface area (Å²) in [6, 6.07) is 10.8. The van der Waals surface area contributed by atoms with Crippen molar-refractivity contribution in [1.82, 2.24) is 10.3 Å². The Balaban J connectivity index is 1.36. The van der Waals surface area contributed by atoms with Gasteiger partial charge in [-0.3, -0.25) is 4.79 Å². The summed E-state index contributed by atoms with van der Waals surface area (Å²) in [5.74, 6) is 0.441. The third-order valence-corrected chi connectivity index (χ3v) is 5.10. The zero-order valence-corrected chi connectivity index (χ0v) is 16.5. The van der Waals surface area contributed by atoms with Gasteiger partial charge in [-0.05, 0) is 62.2 Å². The SMILES string of the molecule is Cc1[nH]c2ccc(C(=O)O[C@@H](C)C(=O)NCc3ccc4c(c3)OCO4)cc2c1C. The van der Waals surface area contributed by atoms with Gasteiger partial charge in [-0.15, -0.1) is 0 Å². The summed E-state index contributed by atoms with van der Waals surface area (Å²) in [6.45, 7) is 6.03. The highest BCUT2D eigenvalue weighted by Crippen LogP contribution is 2.32. The van der Waals surface area contributed by atoms with Gasteiger partial charge in [0.2, 0.25) is 6.79 Å². The number of H-pyrrole nitrogens is 1. The van der Waals surface area contributed by atoms with Gasteiger partial charge in [0.15, 0.2) is 17.6 Å². The molecule has 3 aromatic rings. The number of esters is 1. The van der Waals surface area contributed by atoms with Gasteiger partial charge in [0.25, 0.3) is 5.91 Å². The van der Waals surface area contributed by atoms with E-state index in [0.29, 0.717) is 23.6 Å². The number of fused-ring (bicyclic) bond motifs is 2. The molecule has 150 valence electrons. The number of nitrogens with one attached hydrogen (secondary N) is 2. The van der Waals surface area contributed by atoms with Crippen LogP contribution in [-0.4, -0.2) is 29.8 Å². The van der Waals surface area contributed by atoms with Crippen LogP contribution in [0.5, 0.6) is 11.5 Å². The lowest BCUT2D eigenvalue weighted by molar-refractivity contribution is -0.129. The van der Waals surface area contributed by atoms with Crippen molar-refractivity contribution in [2.45, 2.75) is 33.4 Å². The average Bonchev–Trinajstić information content (AvgIpc) is 3.29. The maximum absolute atomic E-state index is 12.5. The highest BCUT2D eigenvalue weighted by molar-refractivity contribution is 5.97. The van der Waals surface area contributed by atoms with E-state index in [1.807, 2.05) is 32.0 Å². The molecule has 7 nitrogen and oxygen atoms in total. The summed E-state index contributed by atoms with van der Waals surface area (Å²) in [5.41, 5.74) is 4.39. The topological polar surface area (TPSA) is 89.7 Å². The highest BCUT2D eigenvalue weighted by Gasteiger charge is 2.20. The number of hydrogen-bond donors (Lipinski definition) is 2. The molecule has 1 aliphatic rings. The van der Waals surface area contributed by atoms with Crippen LogP contribution in [0.4, 0.5) is 0 Å². The molecule has 0 aliphatic carbocycles. The molecule has 0 saturated heterocycles. The molecule has 0 radical (unpaired) electrons. The molecule has 2 aromatic carbocycles. The molecule has 2 N–H and O–H groups in total. The van der Waals surface area contributed by atoms with Gasteiger partial charge < -0.3 is 24.5 Å². The standard InChI is InChI=1S/C22H22N2O5/c1-12-13(2)24-18-6-5-16(9-17(12)18)22(26)29-14(3)21(25)23-10-15-4-7-19-20(8-15)28-11-27-19/h4-9,14,24H,10-11H2,1-3H3,(H,23,25)/t14-/m0/s1. The highest BCUT2D eigenvalue weighted by atomic mass is 16.7. The van der Waals surface area contributed by atoms with Crippen molar-refractivity contribution < 1.29 is 23.8 Å². The van der Waals surface area contributed by atoms with Crippen molar-refractivity contribution in [3.8, 4) is 11.5 Å². The normalized spacial score (nSPS) is 13.3. The van der Waals surface area contributed by atoms with Crippen molar-refractivity contribution in [1.29, 1.82) is 0 Å². The van der Waals surface area contributed by atoms with Gasteiger partial charge in [-0.25, -0.2) is 4.79 Å². The Labute approximate surface area is 168 Å². The molecule has 0 fully saturated rings. The molecule has 1 amide bonds. The molecular formula is C22H22N2O5. The molecule has 0 spiro atoms. The van der Waals surface area contributed by atoms with E-state index < -0.39 is 12.1 Å². The number of amides is 1. The molecule has 2 heterocycles. The lowest BCUT2D eigenvalue weighted by Crippen LogP contribution is -2.35. The van der Waals surface area contributed by atoms with E-state index in [2.05, 4.69) is 10.3 Å². The Kier molecular flexibility index (Phi) is 4.88. The second-order valence-electron chi connectivity index (χ2n) is 7.09. The minimum Gasteiger partial charge on any atom is -0.454 e. The molecule has 0 unspecified atom stereocenters. The van der Waals surface area contributed by atoms with Gasteiger partial charge in [0, 0.05) is 23.1 Å². The Hall–Kier alpha value is -3.48. The Morgan fingerprint density at radius 1 is 1.14 bits per heavy atom. The van der Waals surface area contributed by atoms with Crippen molar-refractivity contribution >= 4 is 22.8 Å². The van der Waals surface area contributed by atoms with Crippen LogP contribution in [0.25, 0.3) is 10.9 Å². The number of aromatic nitrogens is 1. The summed E-state index contributed by atoms with van der Waals surface area (Å²) >= 11 is 0. The average molecular weight is 394 g/mol. The fourth-order valence-corrected chi connectivity index (χ4v) is 3.25. The minimum atomic E-state index is -0.915. The second-order valence-corrected chi connectivity index (χ2v) is 7.09. The zero-order chi connectivity index (χ0) is 20.5. The van der Waals surface area contributed by atoms with Crippen molar-refractivity contribution in [3.63, 3.8) is 0 Å². The summed E-state index contributed by atoms with van der Waals surface area (Å²) in [7, 11) is 0. The third-order valence-electron chi connectivity index (χ3n) is 5.10. The molecule has 4 rings (SSSR count). The maximum atomic E-state index is 12.5. The monoisotopic (exact) mass is 394 g/mol. The molecule has 0 saturated carbocycles. The fraction of sp³-hybridized carbons (Fsp3) is 0.273. The Morgan fingerprint density at radius 3 is 2.76 bits per heavy atom. The van der Waals surface area contributed by atoms with E-state index in [-0.39, 0.29) is 12.7 Å². The van der Waals surface area contributed by atoms with E-state index in [1.165, 1.54) is 0 Å². The summed E-state index contributed by atoms with van der Waals surface area (Å²) < 4.78 is 15.9. The number of benzene rings is 2. The van der Waals surface area contributed by atoms with Crippen molar-refractivity contribution in [2.24, 2.45) is 0 Å². The van der Waals surface area contributed by atoms with Gasteiger partial charge in [-0.1, -0.05) is 6.07 Å². The van der Waals surface area contributed by atoms with Crippen LogP contribution in [0.15, 0.2) is 36.4 Å². The second kappa shape index (κ2) is 7.50. The molecule has 1 aromatic heterocycles. The number of aryl methyl sites for hydroxylation is 2. The smallest absolute Gasteiger partial charge is 0.338 e. The van der Waals surface area contributed by atoms with E-state index in [4.69, 9.17) is 14.2 Å². The first kappa shape index (κ1) is 18.9. The molecule has 7 heteroatoms. The zero-order valence-electron chi connectivity index (χ0n) is 16.5. The summed E-state index contributed by atoms with van der Waals surface area (Å²) in [5, 5.41) is 3.74. The van der Waals surface area contributed by atoms with Crippen LogP contribution < -0.4 is 14.8 Å². The Bertz CT molecular complexity index is 1100. The summed E-state index contributed by atoms with van der Waals surface area (Å²) in [4.78, 5) is 28.1. The number of hydrogen-bond acceptors (Lipinski definition) is 5. The van der Waals surface area contributed by atoms with Crippen LogP contribution >= 0.6 is 0 Å². The van der Waals surface area contributed by atoms with Crippen LogP contribution in [0.1, 0.15) is 34.1 Å². The first-order valence-corrected chi connectivity index (χ1v) is 9.38. The first-order valence-electron chi connectivity index (χ1n) is 9.38. The number of ether oxygens (including phenoxy) is 3. The number of carbonyl (C=O) groups is 2. The minimum absolute atomic E-state index is 0.200. The predicted octanol–water partition coefficient (Wildman–Crippen LogP) is 3.38. The lowest BCUT2D eigenvalue weighted by atomic mass is 10.1. The largest absolute Gasteiger partial charge is 0.454 e. The van der Waals surface area contributed by atoms with E-state index in [9.17, 15) is 9.59 Å². The molecule has 1 atom stereocenters. The molecule has 29 heavy (non-hydrogen) atoms. The van der Waals surface area contributed by atoms with E-state index >= 15 is 0 Å². The van der Waals surface area contributed by atoms with E-state index in [1.54, 1.807) is 25.1 Å². The Morgan fingerprint density at radius 2 is 1.93 bits per heavy atom. The first-order chi connectivity index (χ1) is 13.9. The van der Waals surface area contributed by atoms with Gasteiger partial charge in [0.05, 0.1) is 5.56 Å².